The van der Waals surface area contributed by atoms with E-state index in [1.807, 2.05) is 26.8 Å². The van der Waals surface area contributed by atoms with Gasteiger partial charge in [0.2, 0.25) is 0 Å². The molecule has 0 amide bonds. The van der Waals surface area contributed by atoms with Gasteiger partial charge in [0.15, 0.2) is 0 Å². The standard InChI is InChI=1S/C15H14N2.C2H6/c1-11-16-14-8-7-13(10-15(14)17-11)9-12-5-3-2-4-6-12;1-2/h2-8,10H,9H2,1H3,(H,16,17);1-2H3. The van der Waals surface area contributed by atoms with Crippen LogP contribution in [-0.2, 0) is 6.42 Å². The molecule has 19 heavy (non-hydrogen) atoms. The third-order valence-corrected chi connectivity index (χ3v) is 2.92. The highest BCUT2D eigenvalue weighted by Gasteiger charge is 2.01. The minimum atomic E-state index is 0.967. The van der Waals surface area contributed by atoms with Crippen molar-refractivity contribution in [1.29, 1.82) is 0 Å². The van der Waals surface area contributed by atoms with Crippen molar-refractivity contribution in [3.05, 3.63) is 65.5 Å². The number of benzene rings is 2. The Hall–Kier alpha value is -2.09. The molecule has 2 heteroatoms. The number of hydrogen-bond donors (Lipinski definition) is 1. The van der Waals surface area contributed by atoms with Crippen molar-refractivity contribution < 1.29 is 0 Å². The molecule has 1 aromatic heterocycles. The summed E-state index contributed by atoms with van der Waals surface area (Å²) >= 11 is 0. The van der Waals surface area contributed by atoms with Crippen molar-refractivity contribution in [3.63, 3.8) is 0 Å². The van der Waals surface area contributed by atoms with Crippen molar-refractivity contribution in [1.82, 2.24) is 9.97 Å². The molecule has 0 radical (unpaired) electrons. The van der Waals surface area contributed by atoms with E-state index in [9.17, 15) is 0 Å². The van der Waals surface area contributed by atoms with Crippen LogP contribution in [0.3, 0.4) is 0 Å². The Morgan fingerprint density at radius 3 is 2.42 bits per heavy atom. The monoisotopic (exact) mass is 252 g/mol. The third-order valence-electron chi connectivity index (χ3n) is 2.92. The molecule has 0 aliphatic rings. The number of aryl methyl sites for hydroxylation is 1. The molecular weight excluding hydrogens is 232 g/mol. The van der Waals surface area contributed by atoms with Crippen molar-refractivity contribution in [3.8, 4) is 0 Å². The molecule has 2 nitrogen and oxygen atoms in total. The summed E-state index contributed by atoms with van der Waals surface area (Å²) in [5.74, 6) is 0.969. The summed E-state index contributed by atoms with van der Waals surface area (Å²) < 4.78 is 0. The van der Waals surface area contributed by atoms with E-state index in [2.05, 4.69) is 52.4 Å². The smallest absolute Gasteiger partial charge is 0.104 e. The maximum absolute atomic E-state index is 4.41. The number of rotatable bonds is 2. The van der Waals surface area contributed by atoms with Gasteiger partial charge in [-0.15, -0.1) is 0 Å². The summed E-state index contributed by atoms with van der Waals surface area (Å²) in [7, 11) is 0. The second-order valence-corrected chi connectivity index (χ2v) is 4.34. The fourth-order valence-electron chi connectivity index (χ4n) is 2.13. The van der Waals surface area contributed by atoms with Crippen LogP contribution >= 0.6 is 0 Å². The van der Waals surface area contributed by atoms with E-state index in [1.54, 1.807) is 0 Å². The van der Waals surface area contributed by atoms with Crippen LogP contribution in [0.4, 0.5) is 0 Å². The zero-order valence-electron chi connectivity index (χ0n) is 11.8. The quantitative estimate of drug-likeness (QED) is 0.715. The summed E-state index contributed by atoms with van der Waals surface area (Å²) in [6.07, 6.45) is 0.967. The van der Waals surface area contributed by atoms with E-state index in [4.69, 9.17) is 0 Å². The molecule has 0 aliphatic carbocycles. The topological polar surface area (TPSA) is 28.7 Å². The van der Waals surface area contributed by atoms with Gasteiger partial charge in [0, 0.05) is 0 Å². The Balaban J connectivity index is 0.000000637. The highest BCUT2D eigenvalue weighted by atomic mass is 14.9. The van der Waals surface area contributed by atoms with Gasteiger partial charge in [0.05, 0.1) is 11.0 Å². The highest BCUT2D eigenvalue weighted by molar-refractivity contribution is 5.75. The van der Waals surface area contributed by atoms with Crippen LogP contribution in [0, 0.1) is 6.92 Å². The molecule has 3 rings (SSSR count). The van der Waals surface area contributed by atoms with Gasteiger partial charge in [-0.05, 0) is 36.6 Å². The normalized spacial score (nSPS) is 10.1. The number of fused-ring (bicyclic) bond motifs is 1. The minimum absolute atomic E-state index is 0.967. The SMILES string of the molecule is CC.Cc1nc2ccc(Cc3ccccc3)cc2[nH]1. The largest absolute Gasteiger partial charge is 0.342 e. The van der Waals surface area contributed by atoms with E-state index < -0.39 is 0 Å². The molecule has 98 valence electrons. The van der Waals surface area contributed by atoms with Crippen molar-refractivity contribution in [2.24, 2.45) is 0 Å². The number of imidazole rings is 1. The summed E-state index contributed by atoms with van der Waals surface area (Å²) in [5, 5.41) is 0. The molecule has 1 N–H and O–H groups in total. The molecule has 3 aromatic rings. The van der Waals surface area contributed by atoms with Gasteiger partial charge in [-0.25, -0.2) is 4.98 Å². The number of aromatic nitrogens is 2. The van der Waals surface area contributed by atoms with Crippen molar-refractivity contribution >= 4 is 11.0 Å². The lowest BCUT2D eigenvalue weighted by Gasteiger charge is -2.01. The Bertz CT molecular complexity index is 639. The van der Waals surface area contributed by atoms with Crippen LogP contribution < -0.4 is 0 Å². The fraction of sp³-hybridized carbons (Fsp3) is 0.235. The summed E-state index contributed by atoms with van der Waals surface area (Å²) in [6, 6.07) is 16.9. The second kappa shape index (κ2) is 6.19. The minimum Gasteiger partial charge on any atom is -0.342 e. The molecular formula is C17H20N2. The fourth-order valence-corrected chi connectivity index (χ4v) is 2.13. The predicted molar refractivity (Wildman–Crippen MR) is 81.4 cm³/mol. The van der Waals surface area contributed by atoms with Gasteiger partial charge < -0.3 is 4.98 Å². The zero-order valence-corrected chi connectivity index (χ0v) is 11.8. The maximum Gasteiger partial charge on any atom is 0.104 e. The van der Waals surface area contributed by atoms with Crippen molar-refractivity contribution in [2.45, 2.75) is 27.2 Å². The molecule has 1 heterocycles. The molecule has 0 spiro atoms. The lowest BCUT2D eigenvalue weighted by Crippen LogP contribution is -1.87. The average Bonchev–Trinajstić information content (AvgIpc) is 2.81. The lowest BCUT2D eigenvalue weighted by molar-refractivity contribution is 1.17. The number of H-pyrrole nitrogens is 1. The molecule has 0 saturated heterocycles. The molecule has 0 aliphatic heterocycles. The van der Waals surface area contributed by atoms with Crippen LogP contribution in [0.25, 0.3) is 11.0 Å². The summed E-state index contributed by atoms with van der Waals surface area (Å²) in [6.45, 7) is 5.98. The number of aromatic amines is 1. The number of hydrogen-bond acceptors (Lipinski definition) is 1. The summed E-state index contributed by atoms with van der Waals surface area (Å²) in [5.41, 5.74) is 4.81. The Kier molecular flexibility index (Phi) is 4.35. The van der Waals surface area contributed by atoms with E-state index in [-0.39, 0.29) is 0 Å². The predicted octanol–water partition coefficient (Wildman–Crippen LogP) is 4.49. The van der Waals surface area contributed by atoms with Crippen LogP contribution in [0.5, 0.6) is 0 Å². The van der Waals surface area contributed by atoms with Gasteiger partial charge in [-0.1, -0.05) is 50.2 Å². The first kappa shape index (κ1) is 13.3. The van der Waals surface area contributed by atoms with Gasteiger partial charge >= 0.3 is 0 Å². The van der Waals surface area contributed by atoms with E-state index >= 15 is 0 Å². The first-order valence-electron chi connectivity index (χ1n) is 6.80. The van der Waals surface area contributed by atoms with Crippen LogP contribution in [0.15, 0.2) is 48.5 Å². The highest BCUT2D eigenvalue weighted by Crippen LogP contribution is 2.16. The summed E-state index contributed by atoms with van der Waals surface area (Å²) in [4.78, 5) is 7.68. The molecule has 0 saturated carbocycles. The number of nitrogens with zero attached hydrogens (tertiary/aromatic N) is 1. The number of nitrogens with one attached hydrogen (secondary N) is 1. The maximum atomic E-state index is 4.41. The Morgan fingerprint density at radius 2 is 1.68 bits per heavy atom. The molecule has 0 unspecified atom stereocenters. The Morgan fingerprint density at radius 1 is 0.947 bits per heavy atom. The Labute approximate surface area is 114 Å². The van der Waals surface area contributed by atoms with Gasteiger partial charge in [-0.2, -0.15) is 0 Å². The third kappa shape index (κ3) is 3.22. The van der Waals surface area contributed by atoms with E-state index in [0.717, 1.165) is 23.3 Å². The zero-order chi connectivity index (χ0) is 13.7. The molecule has 0 fully saturated rings. The van der Waals surface area contributed by atoms with Crippen LogP contribution in [0.2, 0.25) is 0 Å². The first-order valence-corrected chi connectivity index (χ1v) is 6.80. The molecule has 2 aromatic carbocycles. The van der Waals surface area contributed by atoms with Gasteiger partial charge in [0.25, 0.3) is 0 Å². The van der Waals surface area contributed by atoms with Crippen LogP contribution in [-0.4, -0.2) is 9.97 Å². The molecule has 0 bridgehead atoms. The van der Waals surface area contributed by atoms with E-state index in [0.29, 0.717) is 0 Å². The first-order chi connectivity index (χ1) is 9.31. The van der Waals surface area contributed by atoms with Crippen molar-refractivity contribution in [2.75, 3.05) is 0 Å². The van der Waals surface area contributed by atoms with Crippen LogP contribution in [0.1, 0.15) is 30.8 Å². The second-order valence-electron chi connectivity index (χ2n) is 4.34. The van der Waals surface area contributed by atoms with E-state index in [1.165, 1.54) is 11.1 Å². The lowest BCUT2D eigenvalue weighted by atomic mass is 10.0. The average molecular weight is 252 g/mol. The van der Waals surface area contributed by atoms with Gasteiger partial charge in [-0.3, -0.25) is 0 Å². The molecule has 0 atom stereocenters. The van der Waals surface area contributed by atoms with Gasteiger partial charge in [0.1, 0.15) is 5.82 Å².